The second kappa shape index (κ2) is 6.87. The third kappa shape index (κ3) is 4.08. The first-order valence-corrected chi connectivity index (χ1v) is 7.80. The van der Waals surface area contributed by atoms with Crippen molar-refractivity contribution in [3.8, 4) is 0 Å². The Morgan fingerprint density at radius 1 is 1.22 bits per heavy atom. The van der Waals surface area contributed by atoms with Gasteiger partial charge in [0.25, 0.3) is 0 Å². The van der Waals surface area contributed by atoms with Crippen molar-refractivity contribution in [2.45, 2.75) is 44.7 Å². The van der Waals surface area contributed by atoms with Crippen LogP contribution in [0.15, 0.2) is 29.2 Å². The molecule has 5 heteroatoms. The summed E-state index contributed by atoms with van der Waals surface area (Å²) in [6.07, 6.45) is 0.772. The average molecular weight is 270 g/mol. The van der Waals surface area contributed by atoms with Crippen molar-refractivity contribution in [3.05, 3.63) is 29.8 Å². The van der Waals surface area contributed by atoms with E-state index in [2.05, 4.69) is 10.0 Å². The van der Waals surface area contributed by atoms with Crippen LogP contribution in [0, 0.1) is 0 Å². The van der Waals surface area contributed by atoms with Gasteiger partial charge in [0.05, 0.1) is 4.90 Å². The quantitative estimate of drug-likeness (QED) is 0.795. The molecule has 1 atom stereocenters. The first-order valence-electron chi connectivity index (χ1n) is 6.32. The molecule has 0 bridgehead atoms. The van der Waals surface area contributed by atoms with Crippen LogP contribution in [-0.2, 0) is 16.6 Å². The molecule has 2 N–H and O–H groups in total. The zero-order valence-electron chi connectivity index (χ0n) is 11.2. The Balaban J connectivity index is 3.00. The lowest BCUT2D eigenvalue weighted by Crippen LogP contribution is -2.33. The molecule has 0 radical (unpaired) electrons. The maximum absolute atomic E-state index is 12.2. The van der Waals surface area contributed by atoms with Gasteiger partial charge in [0.2, 0.25) is 10.0 Å². The first kappa shape index (κ1) is 15.1. The van der Waals surface area contributed by atoms with Crippen LogP contribution in [0.1, 0.15) is 32.8 Å². The molecule has 0 saturated heterocycles. The lowest BCUT2D eigenvalue weighted by molar-refractivity contribution is 0.554. The molecule has 0 aromatic heterocycles. The molecular formula is C13H22N2O2S. The zero-order valence-corrected chi connectivity index (χ0v) is 12.0. The van der Waals surface area contributed by atoms with E-state index in [1.165, 1.54) is 0 Å². The molecule has 1 unspecified atom stereocenters. The number of sulfonamides is 1. The van der Waals surface area contributed by atoms with Crippen molar-refractivity contribution >= 4 is 10.0 Å². The number of hydrogen-bond donors (Lipinski definition) is 2. The highest BCUT2D eigenvalue weighted by Gasteiger charge is 2.19. The lowest BCUT2D eigenvalue weighted by Gasteiger charge is -2.15. The molecule has 0 spiro atoms. The molecule has 1 aromatic rings. The van der Waals surface area contributed by atoms with Crippen LogP contribution >= 0.6 is 0 Å². The van der Waals surface area contributed by atoms with Crippen LogP contribution in [0.5, 0.6) is 0 Å². The van der Waals surface area contributed by atoms with Crippen LogP contribution < -0.4 is 10.0 Å². The molecule has 0 fully saturated rings. The Labute approximate surface area is 110 Å². The van der Waals surface area contributed by atoms with Crippen molar-refractivity contribution in [2.24, 2.45) is 0 Å². The van der Waals surface area contributed by atoms with Gasteiger partial charge in [-0.3, -0.25) is 0 Å². The van der Waals surface area contributed by atoms with Crippen LogP contribution in [0.4, 0.5) is 0 Å². The summed E-state index contributed by atoms with van der Waals surface area (Å²) in [4.78, 5) is 0.367. The van der Waals surface area contributed by atoms with E-state index in [1.54, 1.807) is 12.1 Å². The fourth-order valence-corrected chi connectivity index (χ4v) is 3.15. The summed E-state index contributed by atoms with van der Waals surface area (Å²) >= 11 is 0. The number of benzene rings is 1. The van der Waals surface area contributed by atoms with Gasteiger partial charge in [0, 0.05) is 12.6 Å². The van der Waals surface area contributed by atoms with Gasteiger partial charge in [-0.2, -0.15) is 0 Å². The average Bonchev–Trinajstić information content (AvgIpc) is 2.36. The molecule has 0 heterocycles. The molecular weight excluding hydrogens is 248 g/mol. The predicted molar refractivity (Wildman–Crippen MR) is 73.9 cm³/mol. The van der Waals surface area contributed by atoms with E-state index in [4.69, 9.17) is 0 Å². The zero-order chi connectivity index (χ0) is 13.6. The Morgan fingerprint density at radius 3 is 2.50 bits per heavy atom. The fourth-order valence-electron chi connectivity index (χ4n) is 1.58. The Morgan fingerprint density at radius 2 is 1.89 bits per heavy atom. The van der Waals surface area contributed by atoms with E-state index < -0.39 is 10.0 Å². The van der Waals surface area contributed by atoms with Gasteiger partial charge in [-0.25, -0.2) is 13.1 Å². The van der Waals surface area contributed by atoms with Gasteiger partial charge in [-0.15, -0.1) is 0 Å². The molecule has 4 nitrogen and oxygen atoms in total. The van der Waals surface area contributed by atoms with Crippen LogP contribution in [0.2, 0.25) is 0 Å². The molecule has 0 aliphatic rings. The highest BCUT2D eigenvalue weighted by atomic mass is 32.2. The lowest BCUT2D eigenvalue weighted by atomic mass is 10.2. The Bertz CT molecular complexity index is 472. The molecule has 0 aliphatic heterocycles. The van der Waals surface area contributed by atoms with Gasteiger partial charge in [0.1, 0.15) is 0 Å². The van der Waals surface area contributed by atoms with Crippen molar-refractivity contribution in [1.82, 2.24) is 10.0 Å². The van der Waals surface area contributed by atoms with E-state index in [0.29, 0.717) is 11.4 Å². The van der Waals surface area contributed by atoms with E-state index in [-0.39, 0.29) is 6.04 Å². The monoisotopic (exact) mass is 270 g/mol. The van der Waals surface area contributed by atoms with Crippen molar-refractivity contribution < 1.29 is 8.42 Å². The van der Waals surface area contributed by atoms with E-state index in [1.807, 2.05) is 32.9 Å². The van der Waals surface area contributed by atoms with Crippen LogP contribution in [-0.4, -0.2) is 21.0 Å². The molecule has 1 aromatic carbocycles. The minimum absolute atomic E-state index is 0.0535. The summed E-state index contributed by atoms with van der Waals surface area (Å²) in [5, 5.41) is 3.15. The number of rotatable bonds is 7. The minimum atomic E-state index is -3.42. The van der Waals surface area contributed by atoms with E-state index in [0.717, 1.165) is 18.5 Å². The van der Waals surface area contributed by atoms with E-state index in [9.17, 15) is 8.42 Å². The Kier molecular flexibility index (Phi) is 5.78. The molecule has 102 valence electrons. The third-order valence-electron chi connectivity index (χ3n) is 2.80. The van der Waals surface area contributed by atoms with Gasteiger partial charge in [-0.05, 0) is 31.5 Å². The van der Waals surface area contributed by atoms with Gasteiger partial charge in [0.15, 0.2) is 0 Å². The summed E-state index contributed by atoms with van der Waals surface area (Å²) in [7, 11) is -3.42. The maximum Gasteiger partial charge on any atom is 0.241 e. The van der Waals surface area contributed by atoms with Crippen molar-refractivity contribution in [1.29, 1.82) is 0 Å². The van der Waals surface area contributed by atoms with Gasteiger partial charge in [-0.1, -0.05) is 32.0 Å². The second-order valence-electron chi connectivity index (χ2n) is 4.32. The smallest absolute Gasteiger partial charge is 0.241 e. The standard InChI is InChI=1S/C13H22N2O2S/c1-4-11(3)15-18(16,17)13-9-7-6-8-12(13)10-14-5-2/h6-9,11,14-15H,4-5,10H2,1-3H3. The summed E-state index contributed by atoms with van der Waals surface area (Å²) in [6, 6.07) is 7.04. The van der Waals surface area contributed by atoms with E-state index >= 15 is 0 Å². The summed E-state index contributed by atoms with van der Waals surface area (Å²) < 4.78 is 27.2. The fraction of sp³-hybridized carbons (Fsp3) is 0.538. The highest BCUT2D eigenvalue weighted by Crippen LogP contribution is 2.15. The van der Waals surface area contributed by atoms with Gasteiger partial charge >= 0.3 is 0 Å². The summed E-state index contributed by atoms with van der Waals surface area (Å²) in [6.45, 7) is 7.19. The first-order chi connectivity index (χ1) is 8.51. The molecule has 18 heavy (non-hydrogen) atoms. The topological polar surface area (TPSA) is 58.2 Å². The van der Waals surface area contributed by atoms with Crippen LogP contribution in [0.25, 0.3) is 0 Å². The van der Waals surface area contributed by atoms with Crippen molar-refractivity contribution in [3.63, 3.8) is 0 Å². The summed E-state index contributed by atoms with van der Waals surface area (Å²) in [5.74, 6) is 0. The number of nitrogens with one attached hydrogen (secondary N) is 2. The molecule has 0 amide bonds. The Hall–Kier alpha value is -0.910. The molecule has 1 rings (SSSR count). The second-order valence-corrected chi connectivity index (χ2v) is 6.00. The SMILES string of the molecule is CCNCc1ccccc1S(=O)(=O)NC(C)CC. The number of hydrogen-bond acceptors (Lipinski definition) is 3. The maximum atomic E-state index is 12.2. The van der Waals surface area contributed by atoms with Crippen LogP contribution in [0.3, 0.4) is 0 Å². The minimum Gasteiger partial charge on any atom is -0.313 e. The normalized spacial score (nSPS) is 13.5. The largest absolute Gasteiger partial charge is 0.313 e. The predicted octanol–water partition coefficient (Wildman–Crippen LogP) is 1.87. The molecule has 0 saturated carbocycles. The summed E-state index contributed by atoms with van der Waals surface area (Å²) in [5.41, 5.74) is 0.801. The molecule has 0 aliphatic carbocycles. The van der Waals surface area contributed by atoms with Gasteiger partial charge < -0.3 is 5.32 Å². The third-order valence-corrected chi connectivity index (χ3v) is 4.49. The highest BCUT2D eigenvalue weighted by molar-refractivity contribution is 7.89. The van der Waals surface area contributed by atoms with Crippen molar-refractivity contribution in [2.75, 3.05) is 6.54 Å².